The van der Waals surface area contributed by atoms with E-state index in [1.165, 1.54) is 19.3 Å². The molecule has 0 radical (unpaired) electrons. The molecule has 1 aliphatic rings. The highest BCUT2D eigenvalue weighted by molar-refractivity contribution is 8.14. The Morgan fingerprint density at radius 3 is 3.10 bits per heavy atom. The van der Waals surface area contributed by atoms with Crippen LogP contribution in [0.3, 0.4) is 0 Å². The Bertz CT molecular complexity index is 134. The SMILES string of the molecule is CCCC[C@@H]1CSC(N)=N1. The van der Waals surface area contributed by atoms with Crippen molar-refractivity contribution in [1.29, 1.82) is 0 Å². The second kappa shape index (κ2) is 3.86. The summed E-state index contributed by atoms with van der Waals surface area (Å²) < 4.78 is 0. The van der Waals surface area contributed by atoms with Crippen LogP contribution in [-0.2, 0) is 0 Å². The van der Waals surface area contributed by atoms with Crippen molar-refractivity contribution in [3.63, 3.8) is 0 Å². The summed E-state index contributed by atoms with van der Waals surface area (Å²) >= 11 is 1.68. The summed E-state index contributed by atoms with van der Waals surface area (Å²) in [6.45, 7) is 2.20. The predicted octanol–water partition coefficient (Wildman–Crippen LogP) is 1.61. The van der Waals surface area contributed by atoms with Crippen LogP contribution in [0, 0.1) is 0 Å². The molecule has 0 unspecified atom stereocenters. The predicted molar refractivity (Wildman–Crippen MR) is 47.4 cm³/mol. The van der Waals surface area contributed by atoms with E-state index in [1.807, 2.05) is 0 Å². The van der Waals surface area contributed by atoms with Gasteiger partial charge in [-0.15, -0.1) is 0 Å². The lowest BCUT2D eigenvalue weighted by Gasteiger charge is -2.01. The minimum Gasteiger partial charge on any atom is -0.379 e. The van der Waals surface area contributed by atoms with Gasteiger partial charge in [0.25, 0.3) is 0 Å². The maximum atomic E-state index is 5.51. The lowest BCUT2D eigenvalue weighted by molar-refractivity contribution is 0.629. The normalized spacial score (nSPS) is 24.9. The molecule has 1 atom stereocenters. The number of nitrogens with zero attached hydrogens (tertiary/aromatic N) is 1. The molecule has 3 heteroatoms. The van der Waals surface area contributed by atoms with Crippen molar-refractivity contribution < 1.29 is 0 Å². The van der Waals surface area contributed by atoms with Gasteiger partial charge in [0.15, 0.2) is 5.17 Å². The molecule has 58 valence electrons. The number of thioether (sulfide) groups is 1. The van der Waals surface area contributed by atoms with Crippen molar-refractivity contribution in [3.8, 4) is 0 Å². The summed E-state index contributed by atoms with van der Waals surface area (Å²) in [5.41, 5.74) is 5.51. The van der Waals surface area contributed by atoms with Crippen LogP contribution >= 0.6 is 11.8 Å². The zero-order chi connectivity index (χ0) is 7.40. The molecule has 0 aromatic heterocycles. The van der Waals surface area contributed by atoms with Gasteiger partial charge in [-0.3, -0.25) is 4.99 Å². The first-order valence-corrected chi connectivity index (χ1v) is 4.77. The molecule has 1 aliphatic heterocycles. The molecule has 0 amide bonds. The first-order valence-electron chi connectivity index (χ1n) is 3.79. The van der Waals surface area contributed by atoms with Gasteiger partial charge in [0.1, 0.15) is 0 Å². The lowest BCUT2D eigenvalue weighted by Crippen LogP contribution is -2.03. The standard InChI is InChI=1S/C7H14N2S/c1-2-3-4-6-5-10-7(8)9-6/h6H,2-5H2,1H3,(H2,8,9)/t6-/m1/s1. The summed E-state index contributed by atoms with van der Waals surface area (Å²) in [7, 11) is 0. The Morgan fingerprint density at radius 2 is 2.60 bits per heavy atom. The second-order valence-electron chi connectivity index (χ2n) is 2.57. The summed E-state index contributed by atoms with van der Waals surface area (Å²) in [6.07, 6.45) is 3.75. The first-order chi connectivity index (χ1) is 4.83. The molecule has 2 nitrogen and oxygen atoms in total. The van der Waals surface area contributed by atoms with Gasteiger partial charge in [0.05, 0.1) is 6.04 Å². The highest BCUT2D eigenvalue weighted by Gasteiger charge is 2.14. The summed E-state index contributed by atoms with van der Waals surface area (Å²) in [4.78, 5) is 4.28. The van der Waals surface area contributed by atoms with Gasteiger partial charge in [-0.25, -0.2) is 0 Å². The fourth-order valence-electron chi connectivity index (χ4n) is 1.02. The zero-order valence-electron chi connectivity index (χ0n) is 6.34. The molecule has 10 heavy (non-hydrogen) atoms. The number of rotatable bonds is 3. The third kappa shape index (κ3) is 2.21. The molecule has 0 aliphatic carbocycles. The van der Waals surface area contributed by atoms with Crippen LogP contribution in [-0.4, -0.2) is 17.0 Å². The van der Waals surface area contributed by atoms with E-state index >= 15 is 0 Å². The molecule has 1 rings (SSSR count). The van der Waals surface area contributed by atoms with E-state index in [2.05, 4.69) is 11.9 Å². The molecule has 0 spiro atoms. The number of nitrogens with two attached hydrogens (primary N) is 1. The molecular formula is C7H14N2S. The van der Waals surface area contributed by atoms with E-state index in [1.54, 1.807) is 11.8 Å². The van der Waals surface area contributed by atoms with Crippen LogP contribution in [0.1, 0.15) is 26.2 Å². The third-order valence-electron chi connectivity index (χ3n) is 1.62. The minimum atomic E-state index is 0.518. The second-order valence-corrected chi connectivity index (χ2v) is 3.61. The van der Waals surface area contributed by atoms with Crippen LogP contribution in [0.5, 0.6) is 0 Å². The lowest BCUT2D eigenvalue weighted by atomic mass is 10.1. The number of amidine groups is 1. The summed E-state index contributed by atoms with van der Waals surface area (Å²) in [5, 5.41) is 0.779. The zero-order valence-corrected chi connectivity index (χ0v) is 7.16. The van der Waals surface area contributed by atoms with Gasteiger partial charge in [-0.1, -0.05) is 31.5 Å². The largest absolute Gasteiger partial charge is 0.379 e. The van der Waals surface area contributed by atoms with Crippen molar-refractivity contribution in [3.05, 3.63) is 0 Å². The molecule has 0 bridgehead atoms. The maximum Gasteiger partial charge on any atom is 0.154 e. The van der Waals surface area contributed by atoms with Crippen molar-refractivity contribution >= 4 is 16.9 Å². The van der Waals surface area contributed by atoms with Crippen LogP contribution in [0.25, 0.3) is 0 Å². The maximum absolute atomic E-state index is 5.51. The van der Waals surface area contributed by atoms with Crippen LogP contribution in [0.15, 0.2) is 4.99 Å². The van der Waals surface area contributed by atoms with Gasteiger partial charge in [0.2, 0.25) is 0 Å². The fraction of sp³-hybridized carbons (Fsp3) is 0.857. The van der Waals surface area contributed by atoms with Gasteiger partial charge < -0.3 is 5.73 Å². The van der Waals surface area contributed by atoms with E-state index in [0.29, 0.717) is 6.04 Å². The highest BCUT2D eigenvalue weighted by Crippen LogP contribution is 2.18. The Morgan fingerprint density at radius 1 is 1.80 bits per heavy atom. The quantitative estimate of drug-likeness (QED) is 0.677. The fourth-order valence-corrected chi connectivity index (χ4v) is 1.85. The average molecular weight is 158 g/mol. The summed E-state index contributed by atoms with van der Waals surface area (Å²) in [5.74, 6) is 1.10. The molecule has 0 fully saturated rings. The van der Waals surface area contributed by atoms with Crippen molar-refractivity contribution in [2.24, 2.45) is 10.7 Å². The van der Waals surface area contributed by atoms with Crippen LogP contribution in [0.2, 0.25) is 0 Å². The third-order valence-corrected chi connectivity index (χ3v) is 2.58. The molecule has 1 heterocycles. The molecule has 2 N–H and O–H groups in total. The van der Waals surface area contributed by atoms with E-state index in [-0.39, 0.29) is 0 Å². The summed E-state index contributed by atoms with van der Waals surface area (Å²) in [6, 6.07) is 0.518. The van der Waals surface area contributed by atoms with E-state index in [0.717, 1.165) is 10.9 Å². The van der Waals surface area contributed by atoms with Gasteiger partial charge >= 0.3 is 0 Å². The Hall–Kier alpha value is -0.180. The molecular weight excluding hydrogens is 144 g/mol. The Labute approximate surface area is 66.3 Å². The Balaban J connectivity index is 2.18. The molecule has 0 aromatic rings. The van der Waals surface area contributed by atoms with Crippen LogP contribution in [0.4, 0.5) is 0 Å². The van der Waals surface area contributed by atoms with E-state index < -0.39 is 0 Å². The minimum absolute atomic E-state index is 0.518. The smallest absolute Gasteiger partial charge is 0.154 e. The molecule has 0 saturated heterocycles. The monoisotopic (exact) mass is 158 g/mol. The molecule has 0 aromatic carbocycles. The van der Waals surface area contributed by atoms with Crippen LogP contribution < -0.4 is 5.73 Å². The molecule has 0 saturated carbocycles. The number of unbranched alkanes of at least 4 members (excludes halogenated alkanes) is 1. The highest BCUT2D eigenvalue weighted by atomic mass is 32.2. The van der Waals surface area contributed by atoms with Gasteiger partial charge in [0, 0.05) is 5.75 Å². The number of hydrogen-bond donors (Lipinski definition) is 1. The van der Waals surface area contributed by atoms with E-state index in [4.69, 9.17) is 5.73 Å². The van der Waals surface area contributed by atoms with Crippen molar-refractivity contribution in [2.75, 3.05) is 5.75 Å². The Kier molecular flexibility index (Phi) is 3.06. The van der Waals surface area contributed by atoms with Gasteiger partial charge in [-0.05, 0) is 6.42 Å². The number of hydrogen-bond acceptors (Lipinski definition) is 3. The topological polar surface area (TPSA) is 38.4 Å². The average Bonchev–Trinajstić information content (AvgIpc) is 2.31. The number of aliphatic imine (C=N–C) groups is 1. The van der Waals surface area contributed by atoms with Crippen molar-refractivity contribution in [1.82, 2.24) is 0 Å². The van der Waals surface area contributed by atoms with Gasteiger partial charge in [-0.2, -0.15) is 0 Å². The van der Waals surface area contributed by atoms with E-state index in [9.17, 15) is 0 Å². The first kappa shape index (κ1) is 7.92. The van der Waals surface area contributed by atoms with Crippen molar-refractivity contribution in [2.45, 2.75) is 32.2 Å².